The lowest BCUT2D eigenvalue weighted by Gasteiger charge is -2.10. The average Bonchev–Trinajstić information content (AvgIpc) is 2.36. The average molecular weight is 358 g/mol. The lowest BCUT2D eigenvalue weighted by atomic mass is 10.3. The Morgan fingerprint density at radius 1 is 1.25 bits per heavy atom. The van der Waals surface area contributed by atoms with Gasteiger partial charge in [-0.25, -0.2) is 18.4 Å². The van der Waals surface area contributed by atoms with Crippen molar-refractivity contribution in [3.63, 3.8) is 0 Å². The van der Waals surface area contributed by atoms with Crippen LogP contribution in [0.2, 0.25) is 0 Å². The van der Waals surface area contributed by atoms with Gasteiger partial charge in [0.1, 0.15) is 0 Å². The summed E-state index contributed by atoms with van der Waals surface area (Å²) >= 11 is 3.37. The molecule has 5 nitrogen and oxygen atoms in total. The molecular formula is C13H16BrN3O2S. The third kappa shape index (κ3) is 3.46. The van der Waals surface area contributed by atoms with Gasteiger partial charge in [-0.05, 0) is 24.6 Å². The Morgan fingerprint density at radius 3 is 2.65 bits per heavy atom. The van der Waals surface area contributed by atoms with Gasteiger partial charge in [0.25, 0.3) is 0 Å². The molecule has 0 saturated carbocycles. The van der Waals surface area contributed by atoms with E-state index in [-0.39, 0.29) is 5.03 Å². The third-order valence-corrected chi connectivity index (χ3v) is 4.25. The third-order valence-electron chi connectivity index (χ3n) is 2.77. The summed E-state index contributed by atoms with van der Waals surface area (Å²) in [6.45, 7) is 2.75. The second-order valence-electron chi connectivity index (χ2n) is 4.56. The number of nitrogens with one attached hydrogen (secondary N) is 1. The predicted octanol–water partition coefficient (Wildman–Crippen LogP) is 3.01. The van der Waals surface area contributed by atoms with Crippen molar-refractivity contribution in [1.82, 2.24) is 9.97 Å². The molecule has 0 aliphatic carbocycles. The fraction of sp³-hybridized carbons (Fsp3) is 0.385. The SMILES string of the molecule is CCCCNc1nc2cc(Br)ccc2nc1S(C)(=O)=O. The lowest BCUT2D eigenvalue weighted by molar-refractivity contribution is 0.598. The Kier molecular flexibility index (Phi) is 4.59. The molecule has 1 aromatic heterocycles. The van der Waals surface area contributed by atoms with Gasteiger partial charge in [-0.1, -0.05) is 29.3 Å². The Morgan fingerprint density at radius 2 is 2.00 bits per heavy atom. The summed E-state index contributed by atoms with van der Waals surface area (Å²) in [4.78, 5) is 8.62. The summed E-state index contributed by atoms with van der Waals surface area (Å²) in [5.74, 6) is 0.326. The Hall–Kier alpha value is -1.21. The maximum Gasteiger partial charge on any atom is 0.198 e. The molecule has 2 aromatic rings. The van der Waals surface area contributed by atoms with Crippen LogP contribution in [0.3, 0.4) is 0 Å². The van der Waals surface area contributed by atoms with E-state index in [9.17, 15) is 8.42 Å². The maximum atomic E-state index is 11.8. The van der Waals surface area contributed by atoms with Gasteiger partial charge in [0.2, 0.25) is 0 Å². The van der Waals surface area contributed by atoms with E-state index in [4.69, 9.17) is 0 Å². The van der Waals surface area contributed by atoms with Crippen molar-refractivity contribution < 1.29 is 8.42 Å². The second-order valence-corrected chi connectivity index (χ2v) is 7.41. The molecule has 1 N–H and O–H groups in total. The molecule has 0 spiro atoms. The molecule has 0 fully saturated rings. The zero-order chi connectivity index (χ0) is 14.8. The first-order valence-electron chi connectivity index (χ1n) is 6.33. The van der Waals surface area contributed by atoms with E-state index in [1.807, 2.05) is 12.1 Å². The number of nitrogens with zero attached hydrogens (tertiary/aromatic N) is 2. The molecule has 108 valence electrons. The lowest BCUT2D eigenvalue weighted by Crippen LogP contribution is -2.11. The van der Waals surface area contributed by atoms with Gasteiger partial charge in [0, 0.05) is 17.3 Å². The smallest absolute Gasteiger partial charge is 0.198 e. The van der Waals surface area contributed by atoms with E-state index in [0.29, 0.717) is 23.4 Å². The van der Waals surface area contributed by atoms with Gasteiger partial charge in [-0.2, -0.15) is 0 Å². The monoisotopic (exact) mass is 357 g/mol. The molecule has 0 atom stereocenters. The molecule has 7 heteroatoms. The number of sulfone groups is 1. The molecule has 0 saturated heterocycles. The number of unbranched alkanes of at least 4 members (excludes halogenated alkanes) is 1. The Labute approximate surface area is 126 Å². The van der Waals surface area contributed by atoms with Crippen LogP contribution in [0.25, 0.3) is 11.0 Å². The quantitative estimate of drug-likeness (QED) is 0.832. The molecule has 0 amide bonds. The molecule has 0 aliphatic heterocycles. The molecule has 2 rings (SSSR count). The minimum absolute atomic E-state index is 0.00317. The van der Waals surface area contributed by atoms with E-state index < -0.39 is 9.84 Å². The number of aromatic nitrogens is 2. The van der Waals surface area contributed by atoms with Crippen molar-refractivity contribution in [2.45, 2.75) is 24.8 Å². The number of anilines is 1. The van der Waals surface area contributed by atoms with Gasteiger partial charge in [-0.3, -0.25) is 0 Å². The summed E-state index contributed by atoms with van der Waals surface area (Å²) in [5.41, 5.74) is 1.22. The summed E-state index contributed by atoms with van der Waals surface area (Å²) in [6.07, 6.45) is 3.11. The van der Waals surface area contributed by atoms with Crippen molar-refractivity contribution in [3.05, 3.63) is 22.7 Å². The normalized spacial score (nSPS) is 11.8. The van der Waals surface area contributed by atoms with Gasteiger partial charge in [-0.15, -0.1) is 0 Å². The van der Waals surface area contributed by atoms with Gasteiger partial charge in [0.15, 0.2) is 20.7 Å². The molecule has 1 aromatic carbocycles. The van der Waals surface area contributed by atoms with Crippen LogP contribution in [0.15, 0.2) is 27.7 Å². The van der Waals surface area contributed by atoms with E-state index in [1.54, 1.807) is 6.07 Å². The number of halogens is 1. The van der Waals surface area contributed by atoms with Crippen LogP contribution in [0.1, 0.15) is 19.8 Å². The minimum atomic E-state index is -3.42. The first-order chi connectivity index (χ1) is 9.41. The maximum absolute atomic E-state index is 11.8. The van der Waals surface area contributed by atoms with Gasteiger partial charge < -0.3 is 5.32 Å². The number of fused-ring (bicyclic) bond motifs is 1. The van der Waals surface area contributed by atoms with Crippen molar-refractivity contribution in [2.75, 3.05) is 18.1 Å². The largest absolute Gasteiger partial charge is 0.368 e. The Bertz CT molecular complexity index is 732. The van der Waals surface area contributed by atoms with E-state index in [2.05, 4.69) is 38.1 Å². The molecule has 1 heterocycles. The van der Waals surface area contributed by atoms with Crippen molar-refractivity contribution in [1.29, 1.82) is 0 Å². The highest BCUT2D eigenvalue weighted by Gasteiger charge is 2.18. The fourth-order valence-electron chi connectivity index (χ4n) is 1.77. The van der Waals surface area contributed by atoms with E-state index in [1.165, 1.54) is 0 Å². The van der Waals surface area contributed by atoms with Crippen LogP contribution in [0.5, 0.6) is 0 Å². The second kappa shape index (κ2) is 6.05. The number of benzene rings is 1. The highest BCUT2D eigenvalue weighted by Crippen LogP contribution is 2.23. The van der Waals surface area contributed by atoms with Crippen LogP contribution in [0, 0.1) is 0 Å². The van der Waals surface area contributed by atoms with Gasteiger partial charge in [0.05, 0.1) is 11.0 Å². The van der Waals surface area contributed by atoms with Crippen molar-refractivity contribution >= 4 is 42.6 Å². The first kappa shape index (κ1) is 15.2. The topological polar surface area (TPSA) is 72.0 Å². The fourth-order valence-corrected chi connectivity index (χ4v) is 2.85. The molecule has 20 heavy (non-hydrogen) atoms. The molecular weight excluding hydrogens is 342 g/mol. The van der Waals surface area contributed by atoms with Crippen LogP contribution in [0.4, 0.5) is 5.82 Å². The minimum Gasteiger partial charge on any atom is -0.368 e. The number of rotatable bonds is 5. The molecule has 0 unspecified atom stereocenters. The zero-order valence-electron chi connectivity index (χ0n) is 11.4. The molecule has 0 radical (unpaired) electrons. The zero-order valence-corrected chi connectivity index (χ0v) is 13.8. The van der Waals surface area contributed by atoms with Crippen LogP contribution in [-0.4, -0.2) is 31.2 Å². The van der Waals surface area contributed by atoms with Crippen molar-refractivity contribution in [2.24, 2.45) is 0 Å². The summed E-state index contributed by atoms with van der Waals surface area (Å²) in [7, 11) is -3.42. The highest BCUT2D eigenvalue weighted by atomic mass is 79.9. The summed E-state index contributed by atoms with van der Waals surface area (Å²) in [5, 5.41) is 3.07. The van der Waals surface area contributed by atoms with E-state index in [0.717, 1.165) is 23.6 Å². The number of hydrogen-bond acceptors (Lipinski definition) is 5. The first-order valence-corrected chi connectivity index (χ1v) is 9.01. The predicted molar refractivity (Wildman–Crippen MR) is 83.7 cm³/mol. The van der Waals surface area contributed by atoms with Gasteiger partial charge >= 0.3 is 0 Å². The highest BCUT2D eigenvalue weighted by molar-refractivity contribution is 9.10. The summed E-state index contributed by atoms with van der Waals surface area (Å²) < 4.78 is 24.6. The van der Waals surface area contributed by atoms with Crippen LogP contribution < -0.4 is 5.32 Å². The van der Waals surface area contributed by atoms with E-state index >= 15 is 0 Å². The van der Waals surface area contributed by atoms with Crippen molar-refractivity contribution in [3.8, 4) is 0 Å². The van der Waals surface area contributed by atoms with Crippen LogP contribution in [-0.2, 0) is 9.84 Å². The molecule has 0 aliphatic rings. The standard InChI is InChI=1S/C13H16BrN3O2S/c1-3-4-7-15-12-13(20(2,18)19)17-10-6-5-9(14)8-11(10)16-12/h5-6,8H,3-4,7H2,1-2H3,(H,15,16). The summed E-state index contributed by atoms with van der Waals surface area (Å²) in [6, 6.07) is 5.38. The van der Waals surface area contributed by atoms with Crippen LogP contribution >= 0.6 is 15.9 Å². The Balaban J connectivity index is 2.55. The molecule has 0 bridgehead atoms. The number of hydrogen-bond donors (Lipinski definition) is 1.